The lowest BCUT2D eigenvalue weighted by Gasteiger charge is -2.38. The summed E-state index contributed by atoms with van der Waals surface area (Å²) in [6.07, 6.45) is -10.9. The predicted molar refractivity (Wildman–Crippen MR) is 111 cm³/mol. The SMILES string of the molecule is CC1(S(=O)(=O)c2cccc(C(F)(F)F)c2)CCOC(c2ccc(C(F)(F)F)cc2CS(=O)O)C1. The van der Waals surface area contributed by atoms with E-state index in [9.17, 15) is 43.5 Å². The number of hydrogen-bond donors (Lipinski definition) is 1. The Morgan fingerprint density at radius 3 is 2.26 bits per heavy atom. The number of hydrogen-bond acceptors (Lipinski definition) is 4. The van der Waals surface area contributed by atoms with E-state index in [-0.39, 0.29) is 30.6 Å². The molecule has 0 amide bonds. The van der Waals surface area contributed by atoms with Crippen LogP contribution in [0, 0.1) is 0 Å². The molecule has 2 aromatic rings. The number of alkyl halides is 6. The van der Waals surface area contributed by atoms with Crippen molar-refractivity contribution >= 4 is 20.9 Å². The number of benzene rings is 2. The van der Waals surface area contributed by atoms with Crippen LogP contribution in [0.2, 0.25) is 0 Å². The first kappa shape index (κ1) is 26.6. The molecule has 0 saturated carbocycles. The Balaban J connectivity index is 2.01. The fourth-order valence-electron chi connectivity index (χ4n) is 3.89. The number of halogens is 6. The first-order valence-electron chi connectivity index (χ1n) is 9.85. The van der Waals surface area contributed by atoms with Gasteiger partial charge in [0, 0.05) is 6.61 Å². The van der Waals surface area contributed by atoms with E-state index in [0.717, 1.165) is 30.3 Å². The molecule has 3 unspecified atom stereocenters. The maximum Gasteiger partial charge on any atom is 0.416 e. The van der Waals surface area contributed by atoms with Gasteiger partial charge in [-0.1, -0.05) is 12.1 Å². The zero-order valence-corrected chi connectivity index (χ0v) is 19.2. The lowest BCUT2D eigenvalue weighted by molar-refractivity contribution is -0.138. The molecule has 0 aliphatic carbocycles. The lowest BCUT2D eigenvalue weighted by atomic mass is 9.90. The summed E-state index contributed by atoms with van der Waals surface area (Å²) in [6, 6.07) is 5.87. The Bertz CT molecular complexity index is 1190. The van der Waals surface area contributed by atoms with E-state index in [2.05, 4.69) is 0 Å². The quantitative estimate of drug-likeness (QED) is 0.406. The smallest absolute Gasteiger partial charge is 0.373 e. The molecule has 1 saturated heterocycles. The topological polar surface area (TPSA) is 80.7 Å². The van der Waals surface area contributed by atoms with Crippen LogP contribution in [0.15, 0.2) is 47.4 Å². The molecule has 5 nitrogen and oxygen atoms in total. The van der Waals surface area contributed by atoms with Crippen molar-refractivity contribution in [3.05, 3.63) is 64.7 Å². The van der Waals surface area contributed by atoms with Crippen molar-refractivity contribution in [3.8, 4) is 0 Å². The van der Waals surface area contributed by atoms with Gasteiger partial charge in [-0.25, -0.2) is 12.6 Å². The number of ether oxygens (including phenoxy) is 1. The van der Waals surface area contributed by atoms with Crippen molar-refractivity contribution in [1.82, 2.24) is 0 Å². The van der Waals surface area contributed by atoms with Crippen molar-refractivity contribution in [2.75, 3.05) is 6.61 Å². The van der Waals surface area contributed by atoms with Gasteiger partial charge in [0.25, 0.3) is 0 Å². The monoisotopic (exact) mass is 530 g/mol. The van der Waals surface area contributed by atoms with Gasteiger partial charge in [-0.05, 0) is 61.2 Å². The third-order valence-electron chi connectivity index (χ3n) is 5.78. The van der Waals surface area contributed by atoms with E-state index >= 15 is 0 Å². The second kappa shape index (κ2) is 9.25. The Kier molecular flexibility index (Phi) is 7.25. The zero-order chi connectivity index (χ0) is 25.5. The molecule has 2 aromatic carbocycles. The van der Waals surface area contributed by atoms with E-state index in [1.807, 2.05) is 0 Å². The minimum atomic E-state index is -4.75. The average Bonchev–Trinajstić information content (AvgIpc) is 2.72. The van der Waals surface area contributed by atoms with Crippen LogP contribution >= 0.6 is 0 Å². The van der Waals surface area contributed by atoms with Crippen LogP contribution in [0.4, 0.5) is 26.3 Å². The van der Waals surface area contributed by atoms with Crippen LogP contribution in [0.25, 0.3) is 0 Å². The molecule has 0 radical (unpaired) electrons. The first-order valence-corrected chi connectivity index (χ1v) is 12.6. The van der Waals surface area contributed by atoms with Gasteiger partial charge in [0.1, 0.15) is 0 Å². The van der Waals surface area contributed by atoms with Gasteiger partial charge < -0.3 is 9.29 Å². The molecular formula is C21H20F6O5S2. The average molecular weight is 531 g/mol. The van der Waals surface area contributed by atoms with Crippen LogP contribution in [-0.4, -0.2) is 28.5 Å². The molecule has 1 heterocycles. The standard InChI is InChI=1S/C21H20F6O5S2/c1-19(34(30,31)16-4-2-3-14(10-16)20(22,23)24)7-8-32-18(11-19)17-6-5-15(21(25,26)27)9-13(17)12-33(28)29/h2-6,9-10,18H,7-8,11-12H2,1H3,(H,28,29). The molecule has 1 fully saturated rings. The second-order valence-corrected chi connectivity index (χ2v) is 11.6. The van der Waals surface area contributed by atoms with Crippen molar-refractivity contribution in [3.63, 3.8) is 0 Å². The molecule has 1 aliphatic heterocycles. The maximum absolute atomic E-state index is 13.4. The van der Waals surface area contributed by atoms with Crippen molar-refractivity contribution < 1.29 is 48.3 Å². The predicted octanol–water partition coefficient (Wildman–Crippen LogP) is 5.53. The number of rotatable bonds is 5. The summed E-state index contributed by atoms with van der Waals surface area (Å²) < 4.78 is 130. The minimum Gasteiger partial charge on any atom is -0.373 e. The van der Waals surface area contributed by atoms with Crippen LogP contribution in [0.1, 0.15) is 48.1 Å². The van der Waals surface area contributed by atoms with Gasteiger partial charge in [0.05, 0.1) is 32.6 Å². The minimum absolute atomic E-state index is 0.0655. The molecule has 0 bridgehead atoms. The lowest BCUT2D eigenvalue weighted by Crippen LogP contribution is -2.42. The fourth-order valence-corrected chi connectivity index (χ4v) is 6.24. The fraction of sp³-hybridized carbons (Fsp3) is 0.429. The third-order valence-corrected chi connectivity index (χ3v) is 8.88. The van der Waals surface area contributed by atoms with E-state index < -0.39 is 65.9 Å². The van der Waals surface area contributed by atoms with Crippen LogP contribution in [0.5, 0.6) is 0 Å². The molecule has 0 spiro atoms. The molecule has 1 N–H and O–H groups in total. The van der Waals surface area contributed by atoms with E-state index in [4.69, 9.17) is 4.74 Å². The van der Waals surface area contributed by atoms with E-state index in [1.54, 1.807) is 0 Å². The maximum atomic E-state index is 13.4. The van der Waals surface area contributed by atoms with Crippen LogP contribution < -0.4 is 0 Å². The molecule has 1 aliphatic rings. The summed E-state index contributed by atoms with van der Waals surface area (Å²) in [5.41, 5.74) is -2.20. The summed E-state index contributed by atoms with van der Waals surface area (Å²) >= 11 is -2.49. The van der Waals surface area contributed by atoms with Gasteiger partial charge >= 0.3 is 12.4 Å². The summed E-state index contributed by atoms with van der Waals surface area (Å²) in [7, 11) is -4.32. The highest BCUT2D eigenvalue weighted by Gasteiger charge is 2.46. The normalized spacial score (nSPS) is 23.0. The van der Waals surface area contributed by atoms with Crippen molar-refractivity contribution in [2.45, 2.75) is 53.6 Å². The third kappa shape index (κ3) is 5.47. The van der Waals surface area contributed by atoms with E-state index in [1.165, 1.54) is 6.92 Å². The van der Waals surface area contributed by atoms with Gasteiger partial charge in [0.2, 0.25) is 0 Å². The molecule has 3 rings (SSSR count). The van der Waals surface area contributed by atoms with Crippen LogP contribution in [0.3, 0.4) is 0 Å². The zero-order valence-electron chi connectivity index (χ0n) is 17.6. The van der Waals surface area contributed by atoms with Gasteiger partial charge in [-0.15, -0.1) is 0 Å². The Morgan fingerprint density at radius 2 is 1.68 bits per heavy atom. The summed E-state index contributed by atoms with van der Waals surface area (Å²) in [4.78, 5) is -0.533. The molecule has 188 valence electrons. The molecule has 0 aromatic heterocycles. The Hall–Kier alpha value is -1.96. The van der Waals surface area contributed by atoms with Gasteiger partial charge in [-0.2, -0.15) is 26.3 Å². The molecule has 3 atom stereocenters. The summed E-state index contributed by atoms with van der Waals surface area (Å²) in [5.74, 6) is -0.643. The van der Waals surface area contributed by atoms with Gasteiger partial charge in [-0.3, -0.25) is 0 Å². The Labute approximate surface area is 194 Å². The highest BCUT2D eigenvalue weighted by Crippen LogP contribution is 2.44. The largest absolute Gasteiger partial charge is 0.416 e. The summed E-state index contributed by atoms with van der Waals surface area (Å²) in [5, 5.41) is 0. The molecule has 34 heavy (non-hydrogen) atoms. The Morgan fingerprint density at radius 1 is 1.06 bits per heavy atom. The highest BCUT2D eigenvalue weighted by molar-refractivity contribution is 7.92. The second-order valence-electron chi connectivity index (χ2n) is 8.17. The first-order chi connectivity index (χ1) is 15.5. The molecular weight excluding hydrogens is 510 g/mol. The van der Waals surface area contributed by atoms with Crippen LogP contribution in [-0.2, 0) is 43.8 Å². The van der Waals surface area contributed by atoms with Crippen molar-refractivity contribution in [1.29, 1.82) is 0 Å². The van der Waals surface area contributed by atoms with Crippen molar-refractivity contribution in [2.24, 2.45) is 0 Å². The molecule has 13 heteroatoms. The summed E-state index contributed by atoms with van der Waals surface area (Å²) in [6.45, 7) is 1.20. The van der Waals surface area contributed by atoms with E-state index in [0.29, 0.717) is 12.1 Å². The number of sulfone groups is 1. The van der Waals surface area contributed by atoms with Gasteiger partial charge in [0.15, 0.2) is 20.9 Å². The highest BCUT2D eigenvalue weighted by atomic mass is 32.2.